The summed E-state index contributed by atoms with van der Waals surface area (Å²) in [6.07, 6.45) is 0. The van der Waals surface area contributed by atoms with Crippen LogP contribution in [0.3, 0.4) is 0 Å². The molecule has 0 aliphatic rings. The predicted molar refractivity (Wildman–Crippen MR) is 101 cm³/mol. The van der Waals surface area contributed by atoms with Gasteiger partial charge in [0.2, 0.25) is 0 Å². The molecule has 0 fully saturated rings. The average molecular weight is 327 g/mol. The van der Waals surface area contributed by atoms with Gasteiger partial charge in [-0.05, 0) is 49.2 Å². The summed E-state index contributed by atoms with van der Waals surface area (Å²) in [6, 6.07) is 18.6. The Morgan fingerprint density at radius 3 is 2.28 bits per heavy atom. The van der Waals surface area contributed by atoms with Gasteiger partial charge in [0, 0.05) is 27.4 Å². The Kier molecular flexibility index (Phi) is 3.50. The molecule has 0 aliphatic carbocycles. The first kappa shape index (κ1) is 15.3. The number of para-hydroxylation sites is 1. The van der Waals surface area contributed by atoms with Crippen LogP contribution in [0.5, 0.6) is 0 Å². The van der Waals surface area contributed by atoms with Crippen molar-refractivity contribution in [1.82, 2.24) is 4.98 Å². The molecule has 4 rings (SSSR count). The second-order valence-electron chi connectivity index (χ2n) is 6.36. The molecule has 1 heterocycles. The van der Waals surface area contributed by atoms with Crippen molar-refractivity contribution in [1.29, 1.82) is 0 Å². The number of aryl methyl sites for hydroxylation is 2. The second-order valence-corrected chi connectivity index (χ2v) is 6.36. The van der Waals surface area contributed by atoms with Crippen molar-refractivity contribution in [2.45, 2.75) is 13.8 Å². The Labute approximate surface area is 144 Å². The van der Waals surface area contributed by atoms with Gasteiger partial charge in [0.25, 0.3) is 0 Å². The molecule has 25 heavy (non-hydrogen) atoms. The van der Waals surface area contributed by atoms with E-state index < -0.39 is 0 Å². The third kappa shape index (κ3) is 2.45. The highest BCUT2D eigenvalue weighted by Crippen LogP contribution is 2.22. The van der Waals surface area contributed by atoms with Crippen molar-refractivity contribution in [2.75, 3.05) is 0 Å². The summed E-state index contributed by atoms with van der Waals surface area (Å²) < 4.78 is 0. The number of aromatic amines is 1. The lowest BCUT2D eigenvalue weighted by Crippen LogP contribution is -2.09. The summed E-state index contributed by atoms with van der Waals surface area (Å²) in [5.74, 6) is -0.0218. The zero-order valence-electron chi connectivity index (χ0n) is 14.1. The molecule has 0 saturated carbocycles. The summed E-state index contributed by atoms with van der Waals surface area (Å²) >= 11 is 0. The highest BCUT2D eigenvalue weighted by molar-refractivity contribution is 6.12. The van der Waals surface area contributed by atoms with Gasteiger partial charge in [-0.2, -0.15) is 0 Å². The van der Waals surface area contributed by atoms with Gasteiger partial charge >= 0.3 is 0 Å². The summed E-state index contributed by atoms with van der Waals surface area (Å²) in [5.41, 5.74) is 4.51. The fourth-order valence-electron chi connectivity index (χ4n) is 3.30. The molecule has 0 unspecified atom stereocenters. The number of H-pyrrole nitrogens is 1. The molecule has 0 spiro atoms. The minimum Gasteiger partial charge on any atom is -0.354 e. The van der Waals surface area contributed by atoms with Crippen LogP contribution in [-0.4, -0.2) is 10.8 Å². The van der Waals surface area contributed by atoms with E-state index in [4.69, 9.17) is 0 Å². The number of benzene rings is 3. The van der Waals surface area contributed by atoms with Crippen LogP contribution < -0.4 is 5.43 Å². The second kappa shape index (κ2) is 5.71. The van der Waals surface area contributed by atoms with Gasteiger partial charge in [0.1, 0.15) is 0 Å². The largest absolute Gasteiger partial charge is 0.354 e. The Bertz CT molecular complexity index is 1200. The van der Waals surface area contributed by atoms with Crippen molar-refractivity contribution >= 4 is 27.6 Å². The van der Waals surface area contributed by atoms with Crippen LogP contribution in [0.4, 0.5) is 0 Å². The van der Waals surface area contributed by atoms with E-state index in [1.807, 2.05) is 68.4 Å². The molecule has 1 N–H and O–H groups in total. The van der Waals surface area contributed by atoms with Crippen LogP contribution in [0, 0.1) is 13.8 Å². The van der Waals surface area contributed by atoms with Crippen molar-refractivity contribution in [3.63, 3.8) is 0 Å². The first-order valence-corrected chi connectivity index (χ1v) is 8.22. The molecular formula is C22H17NO2. The highest BCUT2D eigenvalue weighted by Gasteiger charge is 2.16. The van der Waals surface area contributed by atoms with Gasteiger partial charge in [-0.1, -0.05) is 36.4 Å². The standard InChI is InChI=1S/C22H17NO2/c1-13-7-3-4-8-15(13)21(24)17-12-20-18(11-14(17)2)22(25)16-9-5-6-10-19(16)23-20/h3-12H,1-2H3,(H,23,25). The van der Waals surface area contributed by atoms with Crippen LogP contribution in [0.2, 0.25) is 0 Å². The smallest absolute Gasteiger partial charge is 0.197 e. The molecule has 3 nitrogen and oxygen atoms in total. The van der Waals surface area contributed by atoms with Crippen molar-refractivity contribution < 1.29 is 4.79 Å². The highest BCUT2D eigenvalue weighted by atomic mass is 16.1. The summed E-state index contributed by atoms with van der Waals surface area (Å²) in [4.78, 5) is 29.0. The normalized spacial score (nSPS) is 11.1. The third-order valence-corrected chi connectivity index (χ3v) is 4.68. The van der Waals surface area contributed by atoms with Crippen LogP contribution in [0.25, 0.3) is 21.8 Å². The van der Waals surface area contributed by atoms with E-state index in [0.717, 1.165) is 16.6 Å². The molecule has 0 bridgehead atoms. The molecule has 3 aromatic carbocycles. The van der Waals surface area contributed by atoms with Crippen LogP contribution in [0.1, 0.15) is 27.0 Å². The Morgan fingerprint density at radius 1 is 0.760 bits per heavy atom. The SMILES string of the molecule is Cc1ccccc1C(=O)c1cc2[nH]c3ccccc3c(=O)c2cc1C. The fourth-order valence-corrected chi connectivity index (χ4v) is 3.30. The molecule has 0 saturated heterocycles. The number of hydrogen-bond donors (Lipinski definition) is 1. The van der Waals surface area contributed by atoms with Gasteiger partial charge in [0.05, 0.1) is 5.52 Å². The third-order valence-electron chi connectivity index (χ3n) is 4.68. The Balaban J connectivity index is 1.99. The minimum absolute atomic E-state index is 0.0117. The van der Waals surface area contributed by atoms with E-state index >= 15 is 0 Å². The van der Waals surface area contributed by atoms with E-state index in [9.17, 15) is 9.59 Å². The molecule has 0 radical (unpaired) electrons. The van der Waals surface area contributed by atoms with Crippen molar-refractivity contribution in [3.8, 4) is 0 Å². The zero-order valence-corrected chi connectivity index (χ0v) is 14.1. The first-order valence-electron chi connectivity index (χ1n) is 8.22. The maximum Gasteiger partial charge on any atom is 0.197 e. The maximum absolute atomic E-state index is 13.0. The lowest BCUT2D eigenvalue weighted by atomic mass is 9.94. The first-order chi connectivity index (χ1) is 12.1. The monoisotopic (exact) mass is 327 g/mol. The van der Waals surface area contributed by atoms with Crippen LogP contribution >= 0.6 is 0 Å². The van der Waals surface area contributed by atoms with Crippen LogP contribution in [-0.2, 0) is 0 Å². The molecule has 0 amide bonds. The number of carbonyl (C=O) groups excluding carboxylic acids is 1. The van der Waals surface area contributed by atoms with E-state index in [2.05, 4.69) is 4.98 Å². The number of ketones is 1. The Hall–Kier alpha value is -3.20. The van der Waals surface area contributed by atoms with Crippen molar-refractivity contribution in [3.05, 3.63) is 93.1 Å². The van der Waals surface area contributed by atoms with Gasteiger partial charge < -0.3 is 4.98 Å². The fraction of sp³-hybridized carbons (Fsp3) is 0.0909. The number of aromatic nitrogens is 1. The topological polar surface area (TPSA) is 49.9 Å². The van der Waals surface area contributed by atoms with E-state index in [1.165, 1.54) is 0 Å². The number of pyridine rings is 1. The van der Waals surface area contributed by atoms with Crippen molar-refractivity contribution in [2.24, 2.45) is 0 Å². The predicted octanol–water partition coefficient (Wildman–Crippen LogP) is 4.53. The van der Waals surface area contributed by atoms with E-state index in [1.54, 1.807) is 6.07 Å². The Morgan fingerprint density at radius 2 is 1.48 bits per heavy atom. The van der Waals surface area contributed by atoms with Gasteiger partial charge in [0.15, 0.2) is 11.2 Å². The van der Waals surface area contributed by atoms with Gasteiger partial charge in [-0.3, -0.25) is 9.59 Å². The molecular weight excluding hydrogens is 310 g/mol. The minimum atomic E-state index is -0.0218. The zero-order chi connectivity index (χ0) is 17.6. The van der Waals surface area contributed by atoms with Crippen LogP contribution in [0.15, 0.2) is 65.5 Å². The molecule has 0 atom stereocenters. The summed E-state index contributed by atoms with van der Waals surface area (Å²) in [6.45, 7) is 3.80. The molecule has 122 valence electrons. The van der Waals surface area contributed by atoms with Gasteiger partial charge in [-0.25, -0.2) is 0 Å². The molecule has 4 aromatic rings. The maximum atomic E-state index is 13.0. The quantitative estimate of drug-likeness (QED) is 0.434. The molecule has 1 aromatic heterocycles. The number of fused-ring (bicyclic) bond motifs is 2. The molecule has 3 heteroatoms. The number of hydrogen-bond acceptors (Lipinski definition) is 2. The lowest BCUT2D eigenvalue weighted by molar-refractivity contribution is 0.103. The van der Waals surface area contributed by atoms with Gasteiger partial charge in [-0.15, -0.1) is 0 Å². The molecule has 0 aliphatic heterocycles. The number of nitrogens with one attached hydrogen (secondary N) is 1. The summed E-state index contributed by atoms with van der Waals surface area (Å²) in [7, 11) is 0. The number of carbonyl (C=O) groups is 1. The van der Waals surface area contributed by atoms with E-state index in [-0.39, 0.29) is 11.2 Å². The van der Waals surface area contributed by atoms with E-state index in [0.29, 0.717) is 27.4 Å². The number of rotatable bonds is 2. The lowest BCUT2D eigenvalue weighted by Gasteiger charge is -2.10. The summed E-state index contributed by atoms with van der Waals surface area (Å²) in [5, 5.41) is 1.27. The average Bonchev–Trinajstić information content (AvgIpc) is 2.62.